The quantitative estimate of drug-likeness (QED) is 0.226. The van der Waals surface area contributed by atoms with E-state index in [0.29, 0.717) is 0 Å². The number of rotatable bonds is 3. The average molecular weight is 584 g/mol. The van der Waals surface area contributed by atoms with Crippen molar-refractivity contribution in [1.82, 2.24) is 5.32 Å². The van der Waals surface area contributed by atoms with Crippen LogP contribution in [0.5, 0.6) is 0 Å². The summed E-state index contributed by atoms with van der Waals surface area (Å²) in [5, 5.41) is 3.62. The third-order valence-electron chi connectivity index (χ3n) is 10.9. The van der Waals surface area contributed by atoms with Gasteiger partial charge in [-0.2, -0.15) is 0 Å². The second kappa shape index (κ2) is 9.87. The highest BCUT2D eigenvalue weighted by Gasteiger charge is 2.46. The molecule has 5 aromatic rings. The van der Waals surface area contributed by atoms with Crippen LogP contribution in [0, 0.1) is 0 Å². The molecule has 5 aromatic carbocycles. The molecule has 1 unspecified atom stereocenters. The van der Waals surface area contributed by atoms with Gasteiger partial charge in [-0.3, -0.25) is 0 Å². The lowest BCUT2D eigenvalue weighted by Crippen LogP contribution is -2.36. The molecule has 1 fully saturated rings. The van der Waals surface area contributed by atoms with E-state index in [0.717, 1.165) is 28.4 Å². The van der Waals surface area contributed by atoms with Crippen LogP contribution < -0.4 is 5.32 Å². The molecular formula is C42H37N3. The molecule has 1 saturated carbocycles. The Morgan fingerprint density at radius 3 is 1.93 bits per heavy atom. The normalized spacial score (nSPS) is 19.9. The average Bonchev–Trinajstić information content (AvgIpc) is 3.49. The molecule has 220 valence electrons. The SMILES string of the molecule is CC1(C)c2ccc(C3=NC(c4ccccc4)N=C(c4ccccc4)N3)cc2-c2cc3c(cc21)-c1ccccc1C31CCCCC1. The van der Waals surface area contributed by atoms with Crippen molar-refractivity contribution in [3.63, 3.8) is 0 Å². The molecule has 3 heteroatoms. The van der Waals surface area contributed by atoms with Gasteiger partial charge in [-0.1, -0.05) is 130 Å². The maximum Gasteiger partial charge on any atom is 0.169 e. The molecule has 0 aromatic heterocycles. The number of aliphatic imine (C=N–C) groups is 2. The number of hydrogen-bond donors (Lipinski definition) is 1. The van der Waals surface area contributed by atoms with Gasteiger partial charge in [-0.05, 0) is 81.1 Å². The van der Waals surface area contributed by atoms with E-state index >= 15 is 0 Å². The first-order chi connectivity index (χ1) is 22.0. The van der Waals surface area contributed by atoms with Crippen LogP contribution in [0.25, 0.3) is 22.3 Å². The van der Waals surface area contributed by atoms with Gasteiger partial charge in [0.05, 0.1) is 0 Å². The zero-order valence-corrected chi connectivity index (χ0v) is 26.0. The first-order valence-corrected chi connectivity index (χ1v) is 16.5. The second-order valence-corrected chi connectivity index (χ2v) is 13.7. The summed E-state index contributed by atoms with van der Waals surface area (Å²) in [6.45, 7) is 4.78. The zero-order chi connectivity index (χ0) is 30.2. The molecule has 1 atom stereocenters. The van der Waals surface area contributed by atoms with E-state index in [9.17, 15) is 0 Å². The van der Waals surface area contributed by atoms with Gasteiger partial charge < -0.3 is 5.32 Å². The summed E-state index contributed by atoms with van der Waals surface area (Å²) in [6.07, 6.45) is 6.14. The van der Waals surface area contributed by atoms with E-state index in [1.54, 1.807) is 11.1 Å². The van der Waals surface area contributed by atoms with Gasteiger partial charge in [-0.25, -0.2) is 9.98 Å². The third-order valence-corrected chi connectivity index (χ3v) is 10.9. The Balaban J connectivity index is 1.19. The Kier molecular flexibility index (Phi) is 5.84. The molecular weight excluding hydrogens is 546 g/mol. The van der Waals surface area contributed by atoms with Crippen LogP contribution in [0.4, 0.5) is 0 Å². The molecule has 0 saturated heterocycles. The zero-order valence-electron chi connectivity index (χ0n) is 26.0. The van der Waals surface area contributed by atoms with Gasteiger partial charge in [0.2, 0.25) is 0 Å². The van der Waals surface area contributed by atoms with Gasteiger partial charge in [0, 0.05) is 22.0 Å². The molecule has 3 aliphatic carbocycles. The van der Waals surface area contributed by atoms with Crippen LogP contribution >= 0.6 is 0 Å². The minimum absolute atomic E-state index is 0.0828. The highest BCUT2D eigenvalue weighted by Crippen LogP contribution is 2.59. The monoisotopic (exact) mass is 583 g/mol. The minimum atomic E-state index is -0.303. The highest BCUT2D eigenvalue weighted by atomic mass is 15.2. The lowest BCUT2D eigenvalue weighted by atomic mass is 9.67. The molecule has 0 bridgehead atoms. The summed E-state index contributed by atoms with van der Waals surface area (Å²) < 4.78 is 0. The third kappa shape index (κ3) is 3.96. The van der Waals surface area contributed by atoms with E-state index < -0.39 is 0 Å². The molecule has 45 heavy (non-hydrogen) atoms. The van der Waals surface area contributed by atoms with Crippen molar-refractivity contribution in [1.29, 1.82) is 0 Å². The summed E-state index contributed by atoms with van der Waals surface area (Å²) in [5.74, 6) is 1.72. The lowest BCUT2D eigenvalue weighted by molar-refractivity contribution is 0.353. The van der Waals surface area contributed by atoms with Crippen molar-refractivity contribution in [2.75, 3.05) is 0 Å². The summed E-state index contributed by atoms with van der Waals surface area (Å²) in [4.78, 5) is 10.2. The first-order valence-electron chi connectivity index (χ1n) is 16.5. The molecule has 1 N–H and O–H groups in total. The molecule has 1 aliphatic heterocycles. The Morgan fingerprint density at radius 1 is 0.533 bits per heavy atom. The topological polar surface area (TPSA) is 36.8 Å². The Labute approximate surface area is 265 Å². The highest BCUT2D eigenvalue weighted by molar-refractivity contribution is 6.16. The number of hydrogen-bond acceptors (Lipinski definition) is 3. The van der Waals surface area contributed by atoms with Gasteiger partial charge in [0.15, 0.2) is 6.17 Å². The fourth-order valence-corrected chi connectivity index (χ4v) is 8.65. The molecule has 0 radical (unpaired) electrons. The summed E-state index contributed by atoms with van der Waals surface area (Å²) in [5.41, 5.74) is 14.9. The van der Waals surface area contributed by atoms with Crippen LogP contribution in [0.3, 0.4) is 0 Å². The van der Waals surface area contributed by atoms with Gasteiger partial charge >= 0.3 is 0 Å². The Bertz CT molecular complexity index is 2030. The Morgan fingerprint density at radius 2 is 1.16 bits per heavy atom. The summed E-state index contributed by atoms with van der Waals surface area (Å²) in [6, 6.07) is 42.1. The second-order valence-electron chi connectivity index (χ2n) is 13.7. The maximum atomic E-state index is 5.19. The van der Waals surface area contributed by atoms with Crippen LogP contribution in [0.15, 0.2) is 125 Å². The molecule has 3 nitrogen and oxygen atoms in total. The van der Waals surface area contributed by atoms with Crippen LogP contribution in [-0.2, 0) is 10.8 Å². The van der Waals surface area contributed by atoms with E-state index in [2.05, 4.69) is 122 Å². The van der Waals surface area contributed by atoms with Gasteiger partial charge in [0.1, 0.15) is 11.7 Å². The van der Waals surface area contributed by atoms with Crippen molar-refractivity contribution < 1.29 is 0 Å². The van der Waals surface area contributed by atoms with E-state index in [4.69, 9.17) is 9.98 Å². The standard InChI is InChI=1S/C42H37N3/c1-41(2)34-21-20-29(40-44-38(27-14-6-3-7-15-27)43-39(45-40)28-16-8-4-9-17-28)24-31(34)33-26-37-32(25-36(33)41)30-18-10-11-19-35(30)42(37)22-12-5-13-23-42/h3-4,6-11,14-21,24-26,38H,5,12-13,22-23H2,1-2H3,(H,43,44,45). The number of fused-ring (bicyclic) bond motifs is 8. The first kappa shape index (κ1) is 26.6. The van der Waals surface area contributed by atoms with Crippen LogP contribution in [0.2, 0.25) is 0 Å². The number of amidine groups is 2. The lowest BCUT2D eigenvalue weighted by Gasteiger charge is -2.36. The van der Waals surface area contributed by atoms with E-state index in [1.165, 1.54) is 65.5 Å². The fourth-order valence-electron chi connectivity index (χ4n) is 8.65. The van der Waals surface area contributed by atoms with Crippen molar-refractivity contribution in [2.45, 2.75) is 62.9 Å². The predicted molar refractivity (Wildman–Crippen MR) is 185 cm³/mol. The number of nitrogens with one attached hydrogen (secondary N) is 1. The maximum absolute atomic E-state index is 5.19. The van der Waals surface area contributed by atoms with Crippen molar-refractivity contribution in [2.24, 2.45) is 9.98 Å². The summed E-state index contributed by atoms with van der Waals surface area (Å²) >= 11 is 0. The molecule has 9 rings (SSSR count). The molecule has 1 heterocycles. The van der Waals surface area contributed by atoms with Crippen molar-refractivity contribution in [3.05, 3.63) is 154 Å². The molecule has 1 spiro atoms. The predicted octanol–water partition coefficient (Wildman–Crippen LogP) is 9.72. The van der Waals surface area contributed by atoms with Gasteiger partial charge in [-0.15, -0.1) is 0 Å². The smallest absolute Gasteiger partial charge is 0.169 e. The fraction of sp³-hybridized carbons (Fsp3) is 0.238. The molecule has 4 aliphatic rings. The van der Waals surface area contributed by atoms with Crippen LogP contribution in [-0.4, -0.2) is 11.7 Å². The molecule has 0 amide bonds. The van der Waals surface area contributed by atoms with Crippen molar-refractivity contribution >= 4 is 11.7 Å². The number of nitrogens with zero attached hydrogens (tertiary/aromatic N) is 2. The summed E-state index contributed by atoms with van der Waals surface area (Å²) in [7, 11) is 0. The largest absolute Gasteiger partial charge is 0.324 e. The minimum Gasteiger partial charge on any atom is -0.324 e. The van der Waals surface area contributed by atoms with Crippen molar-refractivity contribution in [3.8, 4) is 22.3 Å². The Hall–Kier alpha value is -4.76. The van der Waals surface area contributed by atoms with Crippen LogP contribution in [0.1, 0.15) is 91.1 Å². The van der Waals surface area contributed by atoms with E-state index in [1.807, 2.05) is 12.1 Å². The van der Waals surface area contributed by atoms with Gasteiger partial charge in [0.25, 0.3) is 0 Å². The number of benzene rings is 5. The van der Waals surface area contributed by atoms with E-state index in [-0.39, 0.29) is 17.0 Å².